The number of nitrogens with zero attached hydrogens (tertiary/aromatic N) is 2. The number of likely N-dealkylation sites (N-methyl/N-ethyl adjacent to an activating group) is 1. The Morgan fingerprint density at radius 3 is 2.06 bits per heavy atom. The highest BCUT2D eigenvalue weighted by Gasteiger charge is 2.31. The highest BCUT2D eigenvalue weighted by Crippen LogP contribution is 2.32. The predicted molar refractivity (Wildman–Crippen MR) is 108 cm³/mol. The maximum Gasteiger partial charge on any atom is 0.337 e. The maximum absolute atomic E-state index is 14.4. The minimum atomic E-state index is -1.90. The van der Waals surface area contributed by atoms with Gasteiger partial charge < -0.3 is 24.6 Å². The Morgan fingerprint density at radius 1 is 0.938 bits per heavy atom. The highest BCUT2D eigenvalue weighted by atomic mass is 19.2. The number of ether oxygens (including phenoxy) is 2. The number of esters is 1. The van der Waals surface area contributed by atoms with Crippen molar-refractivity contribution in [1.29, 1.82) is 0 Å². The van der Waals surface area contributed by atoms with E-state index in [9.17, 15) is 27.2 Å². The first-order valence-electron chi connectivity index (χ1n) is 9.56. The minimum Gasteiger partial charge on any atom is -0.491 e. The SMILES string of the molecule is COC(=O)c1ccc(N2CCN(C)CC2)c(NC(=O)c2c(F)c(F)c(OC)c(F)c2F)c1. The molecule has 1 saturated heterocycles. The molecule has 0 bridgehead atoms. The second kappa shape index (κ2) is 9.43. The third-order valence-electron chi connectivity index (χ3n) is 5.16. The van der Waals surface area contributed by atoms with Crippen molar-refractivity contribution < 1.29 is 36.6 Å². The summed E-state index contributed by atoms with van der Waals surface area (Å²) in [6.07, 6.45) is 0. The van der Waals surface area contributed by atoms with Crippen LogP contribution in [-0.4, -0.2) is 64.2 Å². The molecule has 172 valence electrons. The van der Waals surface area contributed by atoms with E-state index < -0.39 is 46.5 Å². The molecular weight excluding hydrogens is 434 g/mol. The lowest BCUT2D eigenvalue weighted by Gasteiger charge is -2.35. The predicted octanol–water partition coefficient (Wildman–Crippen LogP) is 3.04. The Morgan fingerprint density at radius 2 is 1.53 bits per heavy atom. The van der Waals surface area contributed by atoms with Crippen LogP contribution in [0.3, 0.4) is 0 Å². The summed E-state index contributed by atoms with van der Waals surface area (Å²) >= 11 is 0. The third kappa shape index (κ3) is 4.33. The molecule has 0 atom stereocenters. The van der Waals surface area contributed by atoms with Gasteiger partial charge >= 0.3 is 5.97 Å². The summed E-state index contributed by atoms with van der Waals surface area (Å²) < 4.78 is 65.9. The van der Waals surface area contributed by atoms with Crippen molar-refractivity contribution >= 4 is 23.3 Å². The van der Waals surface area contributed by atoms with Crippen LogP contribution in [0.25, 0.3) is 0 Å². The van der Waals surface area contributed by atoms with Gasteiger partial charge in [0.2, 0.25) is 11.6 Å². The Hall–Kier alpha value is -3.34. The quantitative estimate of drug-likeness (QED) is 0.425. The van der Waals surface area contributed by atoms with Crippen molar-refractivity contribution in [2.45, 2.75) is 0 Å². The maximum atomic E-state index is 14.4. The molecule has 0 aromatic heterocycles. The molecular formula is C21H21F4N3O4. The van der Waals surface area contributed by atoms with Crippen LogP contribution in [0.2, 0.25) is 0 Å². The first kappa shape index (κ1) is 23.3. The van der Waals surface area contributed by atoms with Gasteiger partial charge in [0, 0.05) is 26.2 Å². The van der Waals surface area contributed by atoms with Crippen LogP contribution in [0.4, 0.5) is 28.9 Å². The van der Waals surface area contributed by atoms with Crippen LogP contribution in [0.15, 0.2) is 18.2 Å². The van der Waals surface area contributed by atoms with Crippen molar-refractivity contribution in [3.63, 3.8) is 0 Å². The number of carbonyl (C=O) groups excluding carboxylic acids is 2. The number of nitrogens with one attached hydrogen (secondary N) is 1. The second-order valence-electron chi connectivity index (χ2n) is 7.13. The van der Waals surface area contributed by atoms with Gasteiger partial charge in [0.25, 0.3) is 5.91 Å². The fourth-order valence-corrected chi connectivity index (χ4v) is 3.38. The van der Waals surface area contributed by atoms with Crippen LogP contribution in [0.5, 0.6) is 5.75 Å². The third-order valence-corrected chi connectivity index (χ3v) is 5.16. The number of anilines is 2. The summed E-state index contributed by atoms with van der Waals surface area (Å²) in [5.41, 5.74) is -0.894. The fourth-order valence-electron chi connectivity index (χ4n) is 3.38. The van der Waals surface area contributed by atoms with E-state index in [1.54, 1.807) is 6.07 Å². The zero-order valence-corrected chi connectivity index (χ0v) is 17.6. The molecule has 1 aliphatic rings. The molecule has 2 aromatic rings. The van der Waals surface area contributed by atoms with Crippen molar-refractivity contribution in [2.24, 2.45) is 0 Å². The number of rotatable bonds is 5. The Labute approximate surface area is 181 Å². The zero-order chi connectivity index (χ0) is 23.6. The Kier molecular flexibility index (Phi) is 6.87. The van der Waals surface area contributed by atoms with E-state index in [-0.39, 0.29) is 11.3 Å². The fraction of sp³-hybridized carbons (Fsp3) is 0.333. The molecule has 3 rings (SSSR count). The van der Waals surface area contributed by atoms with E-state index in [1.165, 1.54) is 19.2 Å². The summed E-state index contributed by atoms with van der Waals surface area (Å²) in [5.74, 6) is -10.9. The number of halogens is 4. The van der Waals surface area contributed by atoms with Gasteiger partial charge in [-0.15, -0.1) is 0 Å². The van der Waals surface area contributed by atoms with E-state index in [0.717, 1.165) is 7.11 Å². The average molecular weight is 455 g/mol. The van der Waals surface area contributed by atoms with Gasteiger partial charge in [-0.05, 0) is 25.2 Å². The molecule has 0 spiro atoms. The van der Waals surface area contributed by atoms with Gasteiger partial charge in [-0.2, -0.15) is 8.78 Å². The van der Waals surface area contributed by atoms with E-state index in [4.69, 9.17) is 0 Å². The van der Waals surface area contributed by atoms with E-state index in [0.29, 0.717) is 31.9 Å². The summed E-state index contributed by atoms with van der Waals surface area (Å²) in [5, 5.41) is 2.27. The number of benzene rings is 2. The molecule has 0 radical (unpaired) electrons. The molecule has 2 aromatic carbocycles. The molecule has 0 aliphatic carbocycles. The van der Waals surface area contributed by atoms with Gasteiger partial charge in [-0.1, -0.05) is 0 Å². The summed E-state index contributed by atoms with van der Waals surface area (Å²) in [7, 11) is 3.95. The summed E-state index contributed by atoms with van der Waals surface area (Å²) in [6.45, 7) is 2.57. The van der Waals surface area contributed by atoms with Crippen molar-refractivity contribution in [1.82, 2.24) is 4.90 Å². The van der Waals surface area contributed by atoms with Crippen molar-refractivity contribution in [3.8, 4) is 5.75 Å². The van der Waals surface area contributed by atoms with Crippen LogP contribution >= 0.6 is 0 Å². The zero-order valence-electron chi connectivity index (χ0n) is 17.6. The number of hydrogen-bond donors (Lipinski definition) is 1. The number of methoxy groups -OCH3 is 2. The lowest BCUT2D eigenvalue weighted by molar-refractivity contribution is 0.0600. The summed E-state index contributed by atoms with van der Waals surface area (Å²) in [6, 6.07) is 4.29. The molecule has 1 amide bonds. The number of carbonyl (C=O) groups is 2. The van der Waals surface area contributed by atoms with Crippen LogP contribution < -0.4 is 15.0 Å². The van der Waals surface area contributed by atoms with E-state index in [1.807, 2.05) is 11.9 Å². The molecule has 0 unspecified atom stereocenters. The standard InChI is InChI=1S/C21H21F4N3O4/c1-27-6-8-28(9-7-27)13-5-4-11(21(30)32-3)10-12(13)26-20(29)14-15(22)17(24)19(31-2)18(25)16(14)23/h4-5,10H,6-9H2,1-3H3,(H,26,29). The second-order valence-corrected chi connectivity index (χ2v) is 7.13. The van der Waals surface area contributed by atoms with Crippen LogP contribution in [0, 0.1) is 23.3 Å². The first-order chi connectivity index (χ1) is 15.2. The molecule has 11 heteroatoms. The lowest BCUT2D eigenvalue weighted by atomic mass is 10.1. The van der Waals surface area contributed by atoms with E-state index >= 15 is 0 Å². The van der Waals surface area contributed by atoms with Crippen molar-refractivity contribution in [3.05, 3.63) is 52.6 Å². The minimum absolute atomic E-state index is 0.0258. The Balaban J connectivity index is 2.03. The monoisotopic (exact) mass is 455 g/mol. The molecule has 1 heterocycles. The van der Waals surface area contributed by atoms with Crippen molar-refractivity contribution in [2.75, 3.05) is 57.7 Å². The van der Waals surface area contributed by atoms with Gasteiger partial charge in [0.15, 0.2) is 17.4 Å². The number of hydrogen-bond acceptors (Lipinski definition) is 6. The molecule has 32 heavy (non-hydrogen) atoms. The van der Waals surface area contributed by atoms with Crippen LogP contribution in [0.1, 0.15) is 20.7 Å². The van der Waals surface area contributed by atoms with Crippen LogP contribution in [-0.2, 0) is 4.74 Å². The number of piperazine rings is 1. The largest absolute Gasteiger partial charge is 0.491 e. The van der Waals surface area contributed by atoms with Gasteiger partial charge in [-0.3, -0.25) is 4.79 Å². The molecule has 7 nitrogen and oxygen atoms in total. The normalized spacial score (nSPS) is 14.3. The van der Waals surface area contributed by atoms with Gasteiger partial charge in [-0.25, -0.2) is 13.6 Å². The lowest BCUT2D eigenvalue weighted by Crippen LogP contribution is -2.44. The van der Waals surface area contributed by atoms with Gasteiger partial charge in [0.1, 0.15) is 5.56 Å². The molecule has 1 aliphatic heterocycles. The molecule has 1 fully saturated rings. The molecule has 0 saturated carbocycles. The Bertz CT molecular complexity index is 1030. The topological polar surface area (TPSA) is 71.1 Å². The number of amides is 1. The summed E-state index contributed by atoms with van der Waals surface area (Å²) in [4.78, 5) is 28.6. The smallest absolute Gasteiger partial charge is 0.337 e. The average Bonchev–Trinajstić information content (AvgIpc) is 2.78. The first-order valence-corrected chi connectivity index (χ1v) is 9.56. The highest BCUT2D eigenvalue weighted by molar-refractivity contribution is 6.07. The van der Waals surface area contributed by atoms with Gasteiger partial charge in [0.05, 0.1) is 31.2 Å². The van der Waals surface area contributed by atoms with E-state index in [2.05, 4.69) is 19.7 Å². The molecule has 1 N–H and O–H groups in total.